The number of hydrogen-bond acceptors (Lipinski definition) is 3. The van der Waals surface area contributed by atoms with Gasteiger partial charge in [0.2, 0.25) is 0 Å². The summed E-state index contributed by atoms with van der Waals surface area (Å²) in [6.45, 7) is 3.66. The van der Waals surface area contributed by atoms with E-state index in [2.05, 4.69) is 29.1 Å². The van der Waals surface area contributed by atoms with Crippen molar-refractivity contribution in [2.45, 2.75) is 19.4 Å². The van der Waals surface area contributed by atoms with Crippen LogP contribution in [0.15, 0.2) is 18.2 Å². The van der Waals surface area contributed by atoms with E-state index in [1.807, 2.05) is 19.1 Å². The first-order valence-corrected chi connectivity index (χ1v) is 6.80. The Morgan fingerprint density at radius 1 is 1.55 bits per heavy atom. The van der Waals surface area contributed by atoms with E-state index >= 15 is 0 Å². The Hall–Kier alpha value is -1.83. The van der Waals surface area contributed by atoms with E-state index in [1.165, 1.54) is 0 Å². The average Bonchev–Trinajstić information content (AvgIpc) is 2.83. The number of amides is 1. The van der Waals surface area contributed by atoms with E-state index in [0.29, 0.717) is 5.56 Å². The maximum Gasteiger partial charge on any atom is 0.251 e. The molecular weight excluding hydrogens is 252 g/mol. The van der Waals surface area contributed by atoms with Crippen molar-refractivity contribution >= 4 is 5.91 Å². The van der Waals surface area contributed by atoms with Gasteiger partial charge in [-0.25, -0.2) is 0 Å². The van der Waals surface area contributed by atoms with Gasteiger partial charge in [0.15, 0.2) is 0 Å². The van der Waals surface area contributed by atoms with Gasteiger partial charge in [-0.15, -0.1) is 0 Å². The lowest BCUT2D eigenvalue weighted by Crippen LogP contribution is -2.36. The molecule has 0 aromatic heterocycles. The van der Waals surface area contributed by atoms with E-state index in [9.17, 15) is 4.79 Å². The molecule has 1 unspecified atom stereocenters. The Labute approximate surface area is 119 Å². The van der Waals surface area contributed by atoms with Crippen LogP contribution in [-0.2, 0) is 0 Å². The smallest absolute Gasteiger partial charge is 0.251 e. The lowest BCUT2D eigenvalue weighted by Gasteiger charge is -2.14. The van der Waals surface area contributed by atoms with Crippen molar-refractivity contribution in [2.75, 3.05) is 26.7 Å². The molecule has 1 fully saturated rings. The Bertz CT molecular complexity index is 557. The summed E-state index contributed by atoms with van der Waals surface area (Å²) in [6.07, 6.45) is 0.991. The third-order valence-electron chi connectivity index (χ3n) is 3.52. The molecule has 1 aliphatic rings. The molecule has 0 aliphatic carbocycles. The Morgan fingerprint density at radius 2 is 2.35 bits per heavy atom. The van der Waals surface area contributed by atoms with Gasteiger partial charge in [-0.05, 0) is 44.6 Å². The molecular formula is C16H20N2O2. The molecule has 1 atom stereocenters. The van der Waals surface area contributed by atoms with Gasteiger partial charge in [0.05, 0.1) is 0 Å². The third-order valence-corrected chi connectivity index (χ3v) is 3.52. The van der Waals surface area contributed by atoms with Crippen LogP contribution in [0.5, 0.6) is 0 Å². The number of carbonyl (C=O) groups is 1. The standard InChI is InChI=1S/C16H20N2O2/c1-12-5-6-13(4-3-9-19)10-15(12)16(20)17-14-7-8-18(2)11-14/h5-6,10,14,19H,7-9,11H2,1-2H3,(H,17,20). The highest BCUT2D eigenvalue weighted by Gasteiger charge is 2.22. The zero-order chi connectivity index (χ0) is 14.5. The molecule has 4 heteroatoms. The minimum absolute atomic E-state index is 0.0459. The fourth-order valence-electron chi connectivity index (χ4n) is 2.40. The number of nitrogens with zero attached hydrogens (tertiary/aromatic N) is 1. The van der Waals surface area contributed by atoms with Crippen molar-refractivity contribution in [1.82, 2.24) is 10.2 Å². The molecule has 1 aliphatic heterocycles. The van der Waals surface area contributed by atoms with Crippen molar-refractivity contribution in [3.63, 3.8) is 0 Å². The summed E-state index contributed by atoms with van der Waals surface area (Å²) in [5, 5.41) is 11.8. The molecule has 0 spiro atoms. The second-order valence-corrected chi connectivity index (χ2v) is 5.21. The molecule has 0 radical (unpaired) electrons. The van der Waals surface area contributed by atoms with Gasteiger partial charge in [-0.1, -0.05) is 17.9 Å². The summed E-state index contributed by atoms with van der Waals surface area (Å²) >= 11 is 0. The fourth-order valence-corrected chi connectivity index (χ4v) is 2.40. The molecule has 1 amide bonds. The Morgan fingerprint density at radius 3 is 3.00 bits per heavy atom. The van der Waals surface area contributed by atoms with Crippen LogP contribution in [0.2, 0.25) is 0 Å². The molecule has 4 nitrogen and oxygen atoms in total. The summed E-state index contributed by atoms with van der Waals surface area (Å²) in [5.41, 5.74) is 2.34. The zero-order valence-electron chi connectivity index (χ0n) is 11.9. The number of likely N-dealkylation sites (N-methyl/N-ethyl adjacent to an activating group) is 1. The monoisotopic (exact) mass is 272 g/mol. The van der Waals surface area contributed by atoms with Crippen molar-refractivity contribution in [2.24, 2.45) is 0 Å². The largest absolute Gasteiger partial charge is 0.384 e. The number of aliphatic hydroxyl groups excluding tert-OH is 1. The highest BCUT2D eigenvalue weighted by molar-refractivity contribution is 5.96. The van der Waals surface area contributed by atoms with Crippen molar-refractivity contribution in [3.8, 4) is 11.8 Å². The van der Waals surface area contributed by atoms with Crippen LogP contribution in [0, 0.1) is 18.8 Å². The van der Waals surface area contributed by atoms with Gasteiger partial charge in [0, 0.05) is 23.7 Å². The van der Waals surface area contributed by atoms with Crippen LogP contribution in [0.3, 0.4) is 0 Å². The van der Waals surface area contributed by atoms with Crippen LogP contribution >= 0.6 is 0 Å². The van der Waals surface area contributed by atoms with E-state index in [-0.39, 0.29) is 18.6 Å². The molecule has 1 aromatic rings. The first kappa shape index (κ1) is 14.6. The number of hydrogen-bond donors (Lipinski definition) is 2. The molecule has 1 heterocycles. The van der Waals surface area contributed by atoms with E-state index in [0.717, 1.165) is 30.6 Å². The van der Waals surface area contributed by atoms with Gasteiger partial charge >= 0.3 is 0 Å². The Balaban J connectivity index is 2.12. The molecule has 0 saturated carbocycles. The minimum Gasteiger partial charge on any atom is -0.384 e. The average molecular weight is 272 g/mol. The van der Waals surface area contributed by atoms with Gasteiger partial charge in [-0.3, -0.25) is 4.79 Å². The van der Waals surface area contributed by atoms with Crippen LogP contribution < -0.4 is 5.32 Å². The number of benzene rings is 1. The zero-order valence-corrected chi connectivity index (χ0v) is 11.9. The number of carbonyl (C=O) groups excluding carboxylic acids is 1. The molecule has 106 valence electrons. The van der Waals surface area contributed by atoms with E-state index in [4.69, 9.17) is 5.11 Å². The van der Waals surface area contributed by atoms with Gasteiger partial charge < -0.3 is 15.3 Å². The van der Waals surface area contributed by atoms with E-state index < -0.39 is 0 Å². The fraction of sp³-hybridized carbons (Fsp3) is 0.438. The molecule has 2 N–H and O–H groups in total. The van der Waals surface area contributed by atoms with Crippen molar-refractivity contribution in [1.29, 1.82) is 0 Å². The molecule has 1 aromatic carbocycles. The minimum atomic E-state index is -0.177. The second kappa shape index (κ2) is 6.56. The lowest BCUT2D eigenvalue weighted by molar-refractivity contribution is 0.0938. The van der Waals surface area contributed by atoms with Crippen LogP contribution in [0.4, 0.5) is 0 Å². The molecule has 1 saturated heterocycles. The number of rotatable bonds is 2. The number of nitrogens with one attached hydrogen (secondary N) is 1. The second-order valence-electron chi connectivity index (χ2n) is 5.21. The SMILES string of the molecule is Cc1ccc(C#CCO)cc1C(=O)NC1CCN(C)C1. The van der Waals surface area contributed by atoms with Crippen LogP contribution in [-0.4, -0.2) is 48.7 Å². The predicted octanol–water partition coefficient (Wildman–Crippen LogP) is 0.773. The number of likely N-dealkylation sites (tertiary alicyclic amines) is 1. The highest BCUT2D eigenvalue weighted by Crippen LogP contribution is 2.13. The topological polar surface area (TPSA) is 52.6 Å². The third kappa shape index (κ3) is 3.60. The summed E-state index contributed by atoms with van der Waals surface area (Å²) in [6, 6.07) is 5.75. The first-order chi connectivity index (χ1) is 9.60. The maximum atomic E-state index is 12.3. The van der Waals surface area contributed by atoms with Crippen molar-refractivity contribution in [3.05, 3.63) is 34.9 Å². The quantitative estimate of drug-likeness (QED) is 0.782. The van der Waals surface area contributed by atoms with Gasteiger partial charge in [0.25, 0.3) is 5.91 Å². The summed E-state index contributed by atoms with van der Waals surface area (Å²) in [7, 11) is 2.06. The van der Waals surface area contributed by atoms with Crippen LogP contribution in [0.25, 0.3) is 0 Å². The first-order valence-electron chi connectivity index (χ1n) is 6.80. The summed E-state index contributed by atoms with van der Waals surface area (Å²) in [4.78, 5) is 14.5. The maximum absolute atomic E-state index is 12.3. The summed E-state index contributed by atoms with van der Waals surface area (Å²) < 4.78 is 0. The summed E-state index contributed by atoms with van der Waals surface area (Å²) in [5.74, 6) is 5.38. The molecule has 2 rings (SSSR count). The van der Waals surface area contributed by atoms with Gasteiger partial charge in [-0.2, -0.15) is 0 Å². The Kier molecular flexibility index (Phi) is 4.78. The van der Waals surface area contributed by atoms with Gasteiger partial charge in [0.1, 0.15) is 6.61 Å². The van der Waals surface area contributed by atoms with Crippen molar-refractivity contribution < 1.29 is 9.90 Å². The molecule has 20 heavy (non-hydrogen) atoms. The molecule has 0 bridgehead atoms. The van der Waals surface area contributed by atoms with E-state index in [1.54, 1.807) is 6.07 Å². The number of aliphatic hydroxyl groups is 1. The normalized spacial score (nSPS) is 18.4. The number of aryl methyl sites for hydroxylation is 1. The highest BCUT2D eigenvalue weighted by atomic mass is 16.2. The van der Waals surface area contributed by atoms with Crippen LogP contribution in [0.1, 0.15) is 27.9 Å². The lowest BCUT2D eigenvalue weighted by atomic mass is 10.0. The predicted molar refractivity (Wildman–Crippen MR) is 78.5 cm³/mol.